The van der Waals surface area contributed by atoms with E-state index in [1.165, 1.54) is 17.0 Å². The smallest absolute Gasteiger partial charge is 0.407 e. The van der Waals surface area contributed by atoms with Crippen LogP contribution in [0.3, 0.4) is 0 Å². The highest BCUT2D eigenvalue weighted by Gasteiger charge is 2.30. The Bertz CT molecular complexity index is 830. The number of likely N-dealkylation sites (tertiary alicyclic amines) is 1. The number of rotatable bonds is 7. The molecular formula is C21H23F2NO5. The maximum atomic E-state index is 13.5. The molecule has 1 saturated heterocycles. The first-order valence-corrected chi connectivity index (χ1v) is 9.41. The summed E-state index contributed by atoms with van der Waals surface area (Å²) in [4.78, 5) is 12.2. The summed E-state index contributed by atoms with van der Waals surface area (Å²) in [6.07, 6.45) is -0.714. The predicted molar refractivity (Wildman–Crippen MR) is 101 cm³/mol. The number of β-amino-alcohol motifs (C(OH)–C–C–N with tert-alkyl or cyclic N) is 1. The van der Waals surface area contributed by atoms with Crippen molar-refractivity contribution in [3.63, 3.8) is 0 Å². The van der Waals surface area contributed by atoms with Crippen LogP contribution in [0.2, 0.25) is 0 Å². The number of hydrogen-bond acceptors (Lipinski definition) is 4. The third kappa shape index (κ3) is 5.35. The Morgan fingerprint density at radius 1 is 1.10 bits per heavy atom. The summed E-state index contributed by atoms with van der Waals surface area (Å²) >= 11 is 0. The number of carbonyl (C=O) groups is 1. The van der Waals surface area contributed by atoms with Crippen LogP contribution in [-0.4, -0.2) is 53.6 Å². The molecule has 0 spiro atoms. The number of aliphatic hydroxyl groups is 1. The lowest BCUT2D eigenvalue weighted by molar-refractivity contribution is 0.0504. The standard InChI is InChI=1S/C21H23F2NO5/c22-17-3-1-4-19(20(17)23)29-12-2-11-28-15-7-5-14(6-8-15)16-9-10-24(21(26)27)13-18(16)25/h1,3-8,16,18,25H,2,9-13H2,(H,26,27). The number of nitrogens with zero attached hydrogens (tertiary/aromatic N) is 1. The van der Waals surface area contributed by atoms with Crippen LogP contribution in [0, 0.1) is 11.6 Å². The topological polar surface area (TPSA) is 79.2 Å². The van der Waals surface area contributed by atoms with Gasteiger partial charge in [0.2, 0.25) is 5.82 Å². The van der Waals surface area contributed by atoms with E-state index in [-0.39, 0.29) is 24.8 Å². The Morgan fingerprint density at radius 2 is 1.83 bits per heavy atom. The highest BCUT2D eigenvalue weighted by atomic mass is 19.2. The summed E-state index contributed by atoms with van der Waals surface area (Å²) in [6, 6.07) is 11.1. The molecule has 0 bridgehead atoms. The monoisotopic (exact) mass is 407 g/mol. The van der Waals surface area contributed by atoms with Crippen LogP contribution in [0.25, 0.3) is 0 Å². The van der Waals surface area contributed by atoms with Crippen molar-refractivity contribution in [1.29, 1.82) is 0 Å². The number of ether oxygens (including phenoxy) is 2. The van der Waals surface area contributed by atoms with Crippen molar-refractivity contribution >= 4 is 6.09 Å². The van der Waals surface area contributed by atoms with Crippen molar-refractivity contribution < 1.29 is 33.3 Å². The molecule has 156 valence electrons. The minimum Gasteiger partial charge on any atom is -0.493 e. The van der Waals surface area contributed by atoms with Crippen molar-refractivity contribution in [2.45, 2.75) is 24.9 Å². The third-order valence-electron chi connectivity index (χ3n) is 4.89. The van der Waals surface area contributed by atoms with Gasteiger partial charge in [0.25, 0.3) is 0 Å². The minimum absolute atomic E-state index is 0.101. The molecule has 2 unspecified atom stereocenters. The molecule has 3 rings (SSSR count). The molecule has 1 fully saturated rings. The first-order valence-electron chi connectivity index (χ1n) is 9.41. The fraction of sp³-hybridized carbons (Fsp3) is 0.381. The second-order valence-corrected chi connectivity index (χ2v) is 6.86. The van der Waals surface area contributed by atoms with E-state index in [2.05, 4.69) is 0 Å². The zero-order valence-corrected chi connectivity index (χ0v) is 15.8. The highest BCUT2D eigenvalue weighted by Crippen LogP contribution is 2.29. The van der Waals surface area contributed by atoms with Gasteiger partial charge in [0.15, 0.2) is 11.6 Å². The van der Waals surface area contributed by atoms with E-state index in [1.54, 1.807) is 12.1 Å². The average Bonchev–Trinajstić information content (AvgIpc) is 2.71. The second kappa shape index (κ2) is 9.56. The predicted octanol–water partition coefficient (Wildman–Crippen LogP) is 3.64. The van der Waals surface area contributed by atoms with Gasteiger partial charge in [-0.3, -0.25) is 0 Å². The van der Waals surface area contributed by atoms with E-state index in [1.807, 2.05) is 12.1 Å². The van der Waals surface area contributed by atoms with Gasteiger partial charge in [0.1, 0.15) is 5.75 Å². The lowest BCUT2D eigenvalue weighted by Gasteiger charge is -2.34. The van der Waals surface area contributed by atoms with Gasteiger partial charge in [-0.1, -0.05) is 18.2 Å². The van der Waals surface area contributed by atoms with Crippen LogP contribution in [0.1, 0.15) is 24.3 Å². The SMILES string of the molecule is O=C(O)N1CCC(c2ccc(OCCCOc3cccc(F)c3F)cc2)C(O)C1. The maximum absolute atomic E-state index is 13.5. The van der Waals surface area contributed by atoms with Crippen molar-refractivity contribution in [3.8, 4) is 11.5 Å². The molecular weight excluding hydrogens is 384 g/mol. The van der Waals surface area contributed by atoms with Crippen LogP contribution in [0.4, 0.5) is 13.6 Å². The largest absolute Gasteiger partial charge is 0.493 e. The number of hydrogen-bond donors (Lipinski definition) is 2. The lowest BCUT2D eigenvalue weighted by Crippen LogP contribution is -2.45. The van der Waals surface area contributed by atoms with Gasteiger partial charge in [0.05, 0.1) is 25.9 Å². The molecule has 1 aliphatic heterocycles. The molecule has 1 heterocycles. The van der Waals surface area contributed by atoms with Crippen LogP contribution in [0.5, 0.6) is 11.5 Å². The molecule has 0 saturated carbocycles. The molecule has 2 aromatic carbocycles. The van der Waals surface area contributed by atoms with Gasteiger partial charge in [-0.25, -0.2) is 9.18 Å². The quantitative estimate of drug-likeness (QED) is 0.685. The van der Waals surface area contributed by atoms with Crippen molar-refractivity contribution in [3.05, 3.63) is 59.7 Å². The second-order valence-electron chi connectivity index (χ2n) is 6.86. The van der Waals surface area contributed by atoms with Gasteiger partial charge in [-0.15, -0.1) is 0 Å². The maximum Gasteiger partial charge on any atom is 0.407 e. The Labute approximate surface area is 167 Å². The van der Waals surface area contributed by atoms with E-state index >= 15 is 0 Å². The minimum atomic E-state index is -1.02. The zero-order valence-electron chi connectivity index (χ0n) is 15.8. The number of halogens is 2. The average molecular weight is 407 g/mol. The molecule has 2 N–H and O–H groups in total. The Morgan fingerprint density at radius 3 is 2.52 bits per heavy atom. The van der Waals surface area contributed by atoms with Gasteiger partial charge in [-0.2, -0.15) is 4.39 Å². The van der Waals surface area contributed by atoms with Crippen LogP contribution >= 0.6 is 0 Å². The Hall–Kier alpha value is -2.87. The first-order chi connectivity index (χ1) is 14.0. The van der Waals surface area contributed by atoms with E-state index in [0.29, 0.717) is 31.7 Å². The number of aliphatic hydroxyl groups excluding tert-OH is 1. The van der Waals surface area contributed by atoms with E-state index in [4.69, 9.17) is 14.6 Å². The van der Waals surface area contributed by atoms with Crippen LogP contribution in [-0.2, 0) is 0 Å². The number of benzene rings is 2. The summed E-state index contributed by atoms with van der Waals surface area (Å²) in [5.41, 5.74) is 0.930. The molecule has 29 heavy (non-hydrogen) atoms. The number of amides is 1. The molecule has 2 aromatic rings. The lowest BCUT2D eigenvalue weighted by atomic mass is 9.87. The molecule has 1 aliphatic rings. The highest BCUT2D eigenvalue weighted by molar-refractivity contribution is 5.65. The zero-order chi connectivity index (χ0) is 20.8. The molecule has 0 aromatic heterocycles. The number of piperidine rings is 1. The van der Waals surface area contributed by atoms with Gasteiger partial charge in [-0.05, 0) is 36.2 Å². The molecule has 0 radical (unpaired) electrons. The summed E-state index contributed by atoms with van der Waals surface area (Å²) in [5, 5.41) is 19.3. The summed E-state index contributed by atoms with van der Waals surface area (Å²) in [5.74, 6) is -1.54. The number of carboxylic acid groups (broad SMARTS) is 1. The molecule has 0 aliphatic carbocycles. The van der Waals surface area contributed by atoms with E-state index < -0.39 is 23.8 Å². The normalized spacial score (nSPS) is 19.1. The fourth-order valence-corrected chi connectivity index (χ4v) is 3.33. The Kier molecular flexibility index (Phi) is 6.87. The van der Waals surface area contributed by atoms with Crippen molar-refractivity contribution in [2.75, 3.05) is 26.3 Å². The van der Waals surface area contributed by atoms with Crippen LogP contribution < -0.4 is 9.47 Å². The summed E-state index contributed by atoms with van der Waals surface area (Å²) in [7, 11) is 0. The van der Waals surface area contributed by atoms with Crippen molar-refractivity contribution in [1.82, 2.24) is 4.90 Å². The van der Waals surface area contributed by atoms with Gasteiger partial charge in [0, 0.05) is 18.9 Å². The van der Waals surface area contributed by atoms with E-state index in [9.17, 15) is 18.7 Å². The summed E-state index contributed by atoms with van der Waals surface area (Å²) < 4.78 is 37.4. The third-order valence-corrected chi connectivity index (χ3v) is 4.89. The summed E-state index contributed by atoms with van der Waals surface area (Å²) in [6.45, 7) is 1.02. The molecule has 2 atom stereocenters. The van der Waals surface area contributed by atoms with Crippen LogP contribution in [0.15, 0.2) is 42.5 Å². The Balaban J connectivity index is 1.43. The molecule has 8 heteroatoms. The van der Waals surface area contributed by atoms with Gasteiger partial charge < -0.3 is 24.6 Å². The van der Waals surface area contributed by atoms with Crippen molar-refractivity contribution in [2.24, 2.45) is 0 Å². The molecule has 1 amide bonds. The molecule has 6 nitrogen and oxygen atoms in total. The van der Waals surface area contributed by atoms with Gasteiger partial charge >= 0.3 is 6.09 Å². The fourth-order valence-electron chi connectivity index (χ4n) is 3.33. The first kappa shape index (κ1) is 20.9. The van der Waals surface area contributed by atoms with E-state index in [0.717, 1.165) is 11.6 Å².